The second-order valence-corrected chi connectivity index (χ2v) is 2.94. The Kier molecular flexibility index (Phi) is 3.75. The number of barbiturate groups is 1. The van der Waals surface area contributed by atoms with Crippen molar-refractivity contribution in [2.75, 3.05) is 27.7 Å². The van der Waals surface area contributed by atoms with Crippen molar-refractivity contribution in [2.45, 2.75) is 6.42 Å². The van der Waals surface area contributed by atoms with Crippen molar-refractivity contribution in [1.29, 1.82) is 0 Å². The number of hydrogen-bond acceptors (Lipinski definition) is 5. The quantitative estimate of drug-likeness (QED) is 0.585. The van der Waals surface area contributed by atoms with Gasteiger partial charge in [0.05, 0.1) is 0 Å². The van der Waals surface area contributed by atoms with Crippen LogP contribution in [-0.4, -0.2) is 55.3 Å². The van der Waals surface area contributed by atoms with Crippen molar-refractivity contribution in [3.8, 4) is 0 Å². The number of imide groups is 2. The second kappa shape index (κ2) is 4.85. The normalized spacial score (nSPS) is 17.6. The van der Waals surface area contributed by atoms with E-state index < -0.39 is 17.8 Å². The minimum Gasteiger partial charge on any atom is -0.364 e. The van der Waals surface area contributed by atoms with Crippen LogP contribution in [0, 0.1) is 0 Å². The SMILES string of the molecule is COCN1C(=O)CC(=O)N(COC)C1=O. The lowest BCUT2D eigenvalue weighted by molar-refractivity contribution is -0.148. The molecule has 0 saturated carbocycles. The zero-order valence-electron chi connectivity index (χ0n) is 8.56. The van der Waals surface area contributed by atoms with Crippen LogP contribution in [0.2, 0.25) is 0 Å². The molecule has 0 aromatic rings. The van der Waals surface area contributed by atoms with Crippen LogP contribution in [0.25, 0.3) is 0 Å². The number of methoxy groups -OCH3 is 2. The molecule has 0 N–H and O–H groups in total. The van der Waals surface area contributed by atoms with Gasteiger partial charge >= 0.3 is 6.03 Å². The van der Waals surface area contributed by atoms with Crippen molar-refractivity contribution >= 4 is 17.8 Å². The molecule has 0 aromatic carbocycles. The molecule has 15 heavy (non-hydrogen) atoms. The lowest BCUT2D eigenvalue weighted by Gasteiger charge is -2.31. The topological polar surface area (TPSA) is 76.2 Å². The Bertz CT molecular complexity index is 265. The summed E-state index contributed by atoms with van der Waals surface area (Å²) in [5, 5.41) is 0. The summed E-state index contributed by atoms with van der Waals surface area (Å²) in [5.41, 5.74) is 0. The van der Waals surface area contributed by atoms with Gasteiger partial charge in [-0.3, -0.25) is 9.59 Å². The summed E-state index contributed by atoms with van der Waals surface area (Å²) in [7, 11) is 2.72. The Labute approximate surface area is 86.5 Å². The van der Waals surface area contributed by atoms with Crippen LogP contribution in [0.1, 0.15) is 6.42 Å². The molecule has 7 nitrogen and oxygen atoms in total. The molecule has 1 rings (SSSR count). The van der Waals surface area contributed by atoms with Crippen molar-refractivity contribution in [3.63, 3.8) is 0 Å². The minimum atomic E-state index is -0.708. The molecule has 1 heterocycles. The van der Waals surface area contributed by atoms with Crippen molar-refractivity contribution in [3.05, 3.63) is 0 Å². The van der Waals surface area contributed by atoms with E-state index in [0.717, 1.165) is 9.80 Å². The van der Waals surface area contributed by atoms with Crippen LogP contribution < -0.4 is 0 Å². The highest BCUT2D eigenvalue weighted by Crippen LogP contribution is 2.11. The van der Waals surface area contributed by atoms with Crippen LogP contribution in [-0.2, 0) is 19.1 Å². The van der Waals surface area contributed by atoms with Gasteiger partial charge in [-0.25, -0.2) is 14.6 Å². The Morgan fingerprint density at radius 1 is 1.00 bits per heavy atom. The maximum absolute atomic E-state index is 11.6. The molecule has 7 heteroatoms. The molecule has 0 unspecified atom stereocenters. The molecule has 0 aliphatic carbocycles. The number of amides is 4. The van der Waals surface area contributed by atoms with Gasteiger partial charge in [0.2, 0.25) is 11.8 Å². The highest BCUT2D eigenvalue weighted by atomic mass is 16.5. The molecule has 0 spiro atoms. The van der Waals surface area contributed by atoms with Gasteiger partial charge in [0.25, 0.3) is 0 Å². The van der Waals surface area contributed by atoms with E-state index in [-0.39, 0.29) is 19.9 Å². The molecule has 84 valence electrons. The lowest BCUT2D eigenvalue weighted by Crippen LogP contribution is -2.55. The summed E-state index contributed by atoms with van der Waals surface area (Å²) in [4.78, 5) is 35.9. The average Bonchev–Trinajstić information content (AvgIpc) is 2.19. The van der Waals surface area contributed by atoms with Gasteiger partial charge in [0, 0.05) is 14.2 Å². The molecule has 1 fully saturated rings. The first-order valence-corrected chi connectivity index (χ1v) is 4.24. The van der Waals surface area contributed by atoms with Crippen molar-refractivity contribution in [2.24, 2.45) is 0 Å². The molecular weight excluding hydrogens is 204 g/mol. The Morgan fingerprint density at radius 3 is 1.73 bits per heavy atom. The average molecular weight is 216 g/mol. The predicted octanol–water partition coefficient (Wildman–Crippen LogP) is -0.625. The molecule has 4 amide bonds. The number of hydrogen-bond donors (Lipinski definition) is 0. The zero-order chi connectivity index (χ0) is 11.4. The number of ether oxygens (including phenoxy) is 2. The fraction of sp³-hybridized carbons (Fsp3) is 0.625. The first kappa shape index (κ1) is 11.6. The monoisotopic (exact) mass is 216 g/mol. The fourth-order valence-corrected chi connectivity index (χ4v) is 1.19. The maximum Gasteiger partial charge on any atom is 0.337 e. The molecule has 0 bridgehead atoms. The van der Waals surface area contributed by atoms with E-state index in [1.54, 1.807) is 0 Å². The van der Waals surface area contributed by atoms with Crippen LogP contribution >= 0.6 is 0 Å². The summed E-state index contributed by atoms with van der Waals surface area (Å²) < 4.78 is 9.38. The zero-order valence-corrected chi connectivity index (χ0v) is 8.56. The third-order valence-electron chi connectivity index (χ3n) is 1.88. The van der Waals surface area contributed by atoms with Crippen LogP contribution in [0.15, 0.2) is 0 Å². The maximum atomic E-state index is 11.6. The molecule has 0 atom stereocenters. The Balaban J connectivity index is 2.79. The van der Waals surface area contributed by atoms with E-state index >= 15 is 0 Å². The summed E-state index contributed by atoms with van der Waals surface area (Å²) in [6.07, 6.45) is -0.335. The Morgan fingerprint density at radius 2 is 1.40 bits per heavy atom. The molecule has 1 aliphatic rings. The van der Waals surface area contributed by atoms with Gasteiger partial charge in [-0.2, -0.15) is 0 Å². The number of carbonyl (C=O) groups excluding carboxylic acids is 3. The second-order valence-electron chi connectivity index (χ2n) is 2.94. The van der Waals surface area contributed by atoms with Crippen LogP contribution in [0.5, 0.6) is 0 Å². The lowest BCUT2D eigenvalue weighted by atomic mass is 10.3. The number of urea groups is 1. The highest BCUT2D eigenvalue weighted by molar-refractivity contribution is 6.13. The molecular formula is C8H12N2O5. The van der Waals surface area contributed by atoms with E-state index in [0.29, 0.717) is 0 Å². The van der Waals surface area contributed by atoms with Crippen LogP contribution in [0.3, 0.4) is 0 Å². The van der Waals surface area contributed by atoms with Gasteiger partial charge in [-0.15, -0.1) is 0 Å². The van der Waals surface area contributed by atoms with Crippen LogP contribution in [0.4, 0.5) is 4.79 Å². The van der Waals surface area contributed by atoms with E-state index in [1.807, 2.05) is 0 Å². The molecule has 0 radical (unpaired) electrons. The standard InChI is InChI=1S/C8H12N2O5/c1-14-4-9-6(11)3-7(12)10(5-15-2)8(9)13/h3-5H2,1-2H3. The molecule has 1 aliphatic heterocycles. The van der Waals surface area contributed by atoms with Crippen molar-refractivity contribution in [1.82, 2.24) is 9.80 Å². The molecule has 1 saturated heterocycles. The van der Waals surface area contributed by atoms with Gasteiger partial charge in [-0.1, -0.05) is 0 Å². The summed E-state index contributed by atoms with van der Waals surface area (Å²) in [6.45, 7) is -0.323. The van der Waals surface area contributed by atoms with E-state index in [2.05, 4.69) is 9.47 Å². The van der Waals surface area contributed by atoms with Gasteiger partial charge in [0.15, 0.2) is 0 Å². The Hall–Kier alpha value is -1.47. The smallest absolute Gasteiger partial charge is 0.337 e. The summed E-state index contributed by atoms with van der Waals surface area (Å²) in [6, 6.07) is -0.708. The summed E-state index contributed by atoms with van der Waals surface area (Å²) >= 11 is 0. The van der Waals surface area contributed by atoms with E-state index in [1.165, 1.54) is 14.2 Å². The first-order valence-electron chi connectivity index (χ1n) is 4.24. The third kappa shape index (κ3) is 2.31. The largest absolute Gasteiger partial charge is 0.364 e. The fourth-order valence-electron chi connectivity index (χ4n) is 1.19. The number of carbonyl (C=O) groups is 3. The predicted molar refractivity (Wildman–Crippen MR) is 47.5 cm³/mol. The summed E-state index contributed by atoms with van der Waals surface area (Å²) in [5.74, 6) is -1.11. The highest BCUT2D eigenvalue weighted by Gasteiger charge is 2.37. The van der Waals surface area contributed by atoms with E-state index in [4.69, 9.17) is 0 Å². The van der Waals surface area contributed by atoms with Gasteiger partial charge in [-0.05, 0) is 0 Å². The van der Waals surface area contributed by atoms with Gasteiger partial charge in [0.1, 0.15) is 19.9 Å². The third-order valence-corrected chi connectivity index (χ3v) is 1.88. The van der Waals surface area contributed by atoms with Gasteiger partial charge < -0.3 is 9.47 Å². The first-order chi connectivity index (χ1) is 7.11. The number of rotatable bonds is 4. The van der Waals surface area contributed by atoms with E-state index in [9.17, 15) is 14.4 Å². The molecule has 0 aromatic heterocycles. The number of nitrogens with zero attached hydrogens (tertiary/aromatic N) is 2. The minimum absolute atomic E-state index is 0.162. The van der Waals surface area contributed by atoms with Crippen molar-refractivity contribution < 1.29 is 23.9 Å².